The van der Waals surface area contributed by atoms with Crippen LogP contribution in [-0.2, 0) is 11.3 Å². The third-order valence-electron chi connectivity index (χ3n) is 3.90. The Labute approximate surface area is 120 Å². The number of hydrogen-bond donors (Lipinski definition) is 2. The first-order valence-corrected chi connectivity index (χ1v) is 7.40. The van der Waals surface area contributed by atoms with E-state index < -0.39 is 5.97 Å². The molecule has 4 nitrogen and oxygen atoms in total. The first-order chi connectivity index (χ1) is 9.63. The molecule has 0 aromatic heterocycles. The van der Waals surface area contributed by atoms with E-state index in [0.717, 1.165) is 18.2 Å². The molecule has 0 unspecified atom stereocenters. The van der Waals surface area contributed by atoms with Gasteiger partial charge in [-0.3, -0.25) is 9.69 Å². The van der Waals surface area contributed by atoms with Gasteiger partial charge >= 0.3 is 5.97 Å². The van der Waals surface area contributed by atoms with E-state index in [2.05, 4.69) is 29.3 Å². The molecule has 2 N–H and O–H groups in total. The summed E-state index contributed by atoms with van der Waals surface area (Å²) < 4.78 is 0. The first kappa shape index (κ1) is 14.9. The Balaban J connectivity index is 1.77. The molecule has 0 atom stereocenters. The van der Waals surface area contributed by atoms with E-state index >= 15 is 0 Å². The number of anilines is 1. The van der Waals surface area contributed by atoms with Crippen molar-refractivity contribution in [2.24, 2.45) is 5.92 Å². The third-order valence-corrected chi connectivity index (χ3v) is 3.90. The number of likely N-dealkylation sites (tertiary alicyclic amines) is 1. The molecule has 2 rings (SSSR count). The van der Waals surface area contributed by atoms with E-state index in [1.165, 1.54) is 31.5 Å². The molecule has 110 valence electrons. The molecule has 0 saturated carbocycles. The fourth-order valence-corrected chi connectivity index (χ4v) is 2.52. The van der Waals surface area contributed by atoms with Crippen LogP contribution in [-0.4, -0.2) is 35.6 Å². The van der Waals surface area contributed by atoms with Crippen molar-refractivity contribution in [3.8, 4) is 0 Å². The smallest absolute Gasteiger partial charge is 0.305 e. The van der Waals surface area contributed by atoms with Crippen molar-refractivity contribution in [1.29, 1.82) is 0 Å². The highest BCUT2D eigenvalue weighted by Crippen LogP contribution is 2.18. The molecule has 20 heavy (non-hydrogen) atoms. The van der Waals surface area contributed by atoms with Gasteiger partial charge < -0.3 is 10.4 Å². The fourth-order valence-electron chi connectivity index (χ4n) is 2.52. The predicted molar refractivity (Wildman–Crippen MR) is 80.9 cm³/mol. The number of hydrogen-bond acceptors (Lipinski definition) is 3. The van der Waals surface area contributed by atoms with Crippen molar-refractivity contribution in [2.75, 3.05) is 25.0 Å². The summed E-state index contributed by atoms with van der Waals surface area (Å²) >= 11 is 0. The van der Waals surface area contributed by atoms with E-state index in [1.807, 2.05) is 12.1 Å². The zero-order valence-corrected chi connectivity index (χ0v) is 12.1. The van der Waals surface area contributed by atoms with Crippen molar-refractivity contribution in [3.63, 3.8) is 0 Å². The van der Waals surface area contributed by atoms with Crippen LogP contribution in [0, 0.1) is 5.92 Å². The van der Waals surface area contributed by atoms with E-state index in [4.69, 9.17) is 5.11 Å². The normalized spacial score (nSPS) is 17.1. The standard InChI is InChI=1S/C16H24N2O2/c1-13-7-10-18(11-8-13)12-14-2-4-15(5-3-14)17-9-6-16(19)20/h2-5,13,17H,6-12H2,1H3,(H,19,20). The molecule has 0 bridgehead atoms. The van der Waals surface area contributed by atoms with Crippen LogP contribution in [0.4, 0.5) is 5.69 Å². The summed E-state index contributed by atoms with van der Waals surface area (Å²) in [4.78, 5) is 12.9. The minimum absolute atomic E-state index is 0.147. The van der Waals surface area contributed by atoms with Crippen molar-refractivity contribution in [1.82, 2.24) is 4.90 Å². The Morgan fingerprint density at radius 2 is 1.95 bits per heavy atom. The third kappa shape index (κ3) is 4.85. The van der Waals surface area contributed by atoms with Crippen LogP contribution < -0.4 is 5.32 Å². The summed E-state index contributed by atoms with van der Waals surface area (Å²) in [5.74, 6) is 0.0977. The van der Waals surface area contributed by atoms with Gasteiger partial charge in [0.05, 0.1) is 6.42 Å². The van der Waals surface area contributed by atoms with Gasteiger partial charge in [0, 0.05) is 18.8 Å². The fraction of sp³-hybridized carbons (Fsp3) is 0.562. The molecule has 1 saturated heterocycles. The van der Waals surface area contributed by atoms with Gasteiger partial charge in [-0.25, -0.2) is 0 Å². The van der Waals surface area contributed by atoms with Crippen molar-refractivity contribution in [3.05, 3.63) is 29.8 Å². The molecule has 0 radical (unpaired) electrons. The molecular formula is C16H24N2O2. The Morgan fingerprint density at radius 3 is 2.55 bits per heavy atom. The van der Waals surface area contributed by atoms with Gasteiger partial charge in [0.1, 0.15) is 0 Å². The second kappa shape index (κ2) is 7.29. The molecule has 1 fully saturated rings. The molecule has 1 aromatic rings. The monoisotopic (exact) mass is 276 g/mol. The van der Waals surface area contributed by atoms with Gasteiger partial charge in [-0.05, 0) is 49.5 Å². The van der Waals surface area contributed by atoms with Gasteiger partial charge in [0.15, 0.2) is 0 Å². The summed E-state index contributed by atoms with van der Waals surface area (Å²) in [5.41, 5.74) is 2.31. The maximum absolute atomic E-state index is 10.4. The van der Waals surface area contributed by atoms with Crippen molar-refractivity contribution < 1.29 is 9.90 Å². The van der Waals surface area contributed by atoms with Gasteiger partial charge in [-0.15, -0.1) is 0 Å². The van der Waals surface area contributed by atoms with Crippen LogP contribution in [0.15, 0.2) is 24.3 Å². The highest BCUT2D eigenvalue weighted by atomic mass is 16.4. The predicted octanol–water partition coefficient (Wildman–Crippen LogP) is 2.81. The van der Waals surface area contributed by atoms with Gasteiger partial charge in [0.25, 0.3) is 0 Å². The van der Waals surface area contributed by atoms with Crippen molar-refractivity contribution >= 4 is 11.7 Å². The molecule has 0 amide bonds. The Kier molecular flexibility index (Phi) is 5.41. The van der Waals surface area contributed by atoms with Crippen molar-refractivity contribution in [2.45, 2.75) is 32.7 Å². The lowest BCUT2D eigenvalue weighted by Gasteiger charge is -2.30. The maximum atomic E-state index is 10.4. The quantitative estimate of drug-likeness (QED) is 0.839. The molecule has 1 aliphatic rings. The van der Waals surface area contributed by atoms with Crippen LogP contribution in [0.1, 0.15) is 31.7 Å². The summed E-state index contributed by atoms with van der Waals surface area (Å²) in [6.45, 7) is 6.20. The molecule has 1 aromatic carbocycles. The zero-order valence-electron chi connectivity index (χ0n) is 12.1. The number of piperidine rings is 1. The average molecular weight is 276 g/mol. The lowest BCUT2D eigenvalue weighted by Crippen LogP contribution is -2.32. The lowest BCUT2D eigenvalue weighted by atomic mass is 9.99. The summed E-state index contributed by atoms with van der Waals surface area (Å²) in [7, 11) is 0. The van der Waals surface area contributed by atoms with E-state index in [9.17, 15) is 4.79 Å². The van der Waals surface area contributed by atoms with E-state index in [0.29, 0.717) is 6.54 Å². The Bertz CT molecular complexity index is 423. The molecule has 1 heterocycles. The molecule has 1 aliphatic heterocycles. The van der Waals surface area contributed by atoms with Gasteiger partial charge in [-0.1, -0.05) is 19.1 Å². The van der Waals surface area contributed by atoms with Gasteiger partial charge in [-0.2, -0.15) is 0 Å². The zero-order chi connectivity index (χ0) is 14.4. The number of benzene rings is 1. The summed E-state index contributed by atoms with van der Waals surface area (Å²) in [6.07, 6.45) is 2.75. The van der Waals surface area contributed by atoms with Crippen LogP contribution >= 0.6 is 0 Å². The number of nitrogens with one attached hydrogen (secondary N) is 1. The van der Waals surface area contributed by atoms with E-state index in [-0.39, 0.29) is 6.42 Å². The Hall–Kier alpha value is -1.55. The van der Waals surface area contributed by atoms with Crippen LogP contribution in [0.3, 0.4) is 0 Å². The molecular weight excluding hydrogens is 252 g/mol. The number of carbonyl (C=O) groups is 1. The lowest BCUT2D eigenvalue weighted by molar-refractivity contribution is -0.136. The second-order valence-corrected chi connectivity index (χ2v) is 5.73. The van der Waals surface area contributed by atoms with Gasteiger partial charge in [0.2, 0.25) is 0 Å². The topological polar surface area (TPSA) is 52.6 Å². The minimum atomic E-state index is -0.770. The summed E-state index contributed by atoms with van der Waals surface area (Å²) in [6, 6.07) is 8.32. The molecule has 4 heteroatoms. The number of rotatable bonds is 6. The van der Waals surface area contributed by atoms with Crippen LogP contribution in [0.25, 0.3) is 0 Å². The molecule has 0 aliphatic carbocycles. The number of carboxylic acid groups (broad SMARTS) is 1. The number of nitrogens with zero attached hydrogens (tertiary/aromatic N) is 1. The maximum Gasteiger partial charge on any atom is 0.305 e. The number of aliphatic carboxylic acids is 1. The van der Waals surface area contributed by atoms with Crippen LogP contribution in [0.5, 0.6) is 0 Å². The minimum Gasteiger partial charge on any atom is -0.481 e. The number of carboxylic acids is 1. The Morgan fingerprint density at radius 1 is 1.30 bits per heavy atom. The van der Waals surface area contributed by atoms with E-state index in [1.54, 1.807) is 0 Å². The second-order valence-electron chi connectivity index (χ2n) is 5.73. The van der Waals surface area contributed by atoms with Crippen LogP contribution in [0.2, 0.25) is 0 Å². The SMILES string of the molecule is CC1CCN(Cc2ccc(NCCC(=O)O)cc2)CC1. The first-order valence-electron chi connectivity index (χ1n) is 7.40. The summed E-state index contributed by atoms with van der Waals surface area (Å²) in [5, 5.41) is 11.7. The molecule has 0 spiro atoms. The highest BCUT2D eigenvalue weighted by Gasteiger charge is 2.15. The average Bonchev–Trinajstić information content (AvgIpc) is 2.43. The largest absolute Gasteiger partial charge is 0.481 e. The highest BCUT2D eigenvalue weighted by molar-refractivity contribution is 5.67.